The molecule has 0 amide bonds. The van der Waals surface area contributed by atoms with Crippen molar-refractivity contribution in [1.82, 2.24) is 19.9 Å². The normalized spacial score (nSPS) is 11.3. The van der Waals surface area contributed by atoms with Gasteiger partial charge < -0.3 is 30.4 Å². The van der Waals surface area contributed by atoms with Gasteiger partial charge in [0.2, 0.25) is 0 Å². The van der Waals surface area contributed by atoms with E-state index in [1.807, 2.05) is 48.8 Å². The molecule has 0 bridgehead atoms. The summed E-state index contributed by atoms with van der Waals surface area (Å²) in [5, 5.41) is 45.2. The number of aromatic nitrogens is 4. The Hall–Kier alpha value is -4.80. The fourth-order valence-corrected chi connectivity index (χ4v) is 5.18. The quantitative estimate of drug-likeness (QED) is 0.125. The number of benzene rings is 2. The maximum absolute atomic E-state index is 12.1. The molecule has 1 radical (unpaired) electrons. The second kappa shape index (κ2) is 16.7. The van der Waals surface area contributed by atoms with Gasteiger partial charge in [0.1, 0.15) is 0 Å². The van der Waals surface area contributed by atoms with Gasteiger partial charge in [-0.15, -0.1) is 0 Å². The summed E-state index contributed by atoms with van der Waals surface area (Å²) >= 11 is 0. The molecule has 4 N–H and O–H groups in total. The van der Waals surface area contributed by atoms with Gasteiger partial charge in [-0.3, -0.25) is 20.0 Å². The number of aliphatic hydroxyl groups excluding tert-OH is 2. The largest absolute Gasteiger partial charge is 2.00 e. The van der Waals surface area contributed by atoms with Crippen LogP contribution < -0.4 is 10.2 Å². The third kappa shape index (κ3) is 8.33. The molecule has 0 saturated carbocycles. The molecule has 245 valence electrons. The van der Waals surface area contributed by atoms with Crippen molar-refractivity contribution in [3.8, 4) is 11.5 Å². The van der Waals surface area contributed by atoms with Crippen LogP contribution in [0, 0.1) is 13.8 Å². The van der Waals surface area contributed by atoms with Gasteiger partial charge in [0.05, 0.1) is 13.2 Å². The van der Waals surface area contributed by atoms with Crippen molar-refractivity contribution >= 4 is 34.2 Å². The number of aryl methyl sites for hydroxylation is 2. The van der Waals surface area contributed by atoms with Crippen LogP contribution in [0.1, 0.15) is 44.8 Å². The molecule has 6 aromatic rings. The third-order valence-electron chi connectivity index (χ3n) is 7.82. The van der Waals surface area contributed by atoms with E-state index >= 15 is 0 Å². The first-order valence-electron chi connectivity index (χ1n) is 15.0. The van der Waals surface area contributed by atoms with Crippen molar-refractivity contribution in [2.75, 3.05) is 13.1 Å². The zero-order chi connectivity index (χ0) is 32.5. The van der Waals surface area contributed by atoms with Gasteiger partial charge in [0.15, 0.2) is 0 Å². The number of nitrogens with one attached hydrogen (secondary N) is 2. The molecule has 6 rings (SSSR count). The van der Waals surface area contributed by atoms with E-state index in [0.717, 1.165) is 23.9 Å². The van der Waals surface area contributed by atoms with E-state index in [0.29, 0.717) is 46.7 Å². The van der Waals surface area contributed by atoms with Gasteiger partial charge in [-0.2, -0.15) is 0 Å². The van der Waals surface area contributed by atoms with Crippen LogP contribution in [0.4, 0.5) is 0 Å². The number of H-pyrrole nitrogens is 2. The summed E-state index contributed by atoms with van der Waals surface area (Å²) in [5.41, 5.74) is 7.34. The van der Waals surface area contributed by atoms with E-state index in [-0.39, 0.29) is 41.8 Å². The second-order valence-corrected chi connectivity index (χ2v) is 10.8. The van der Waals surface area contributed by atoms with E-state index in [1.54, 1.807) is 26.3 Å². The summed E-state index contributed by atoms with van der Waals surface area (Å²) in [7, 11) is 0. The van der Waals surface area contributed by atoms with Gasteiger partial charge in [0, 0.05) is 94.6 Å². The second-order valence-electron chi connectivity index (χ2n) is 10.8. The zero-order valence-electron chi connectivity index (χ0n) is 26.1. The van der Waals surface area contributed by atoms with Crippen LogP contribution in [0.25, 0.3) is 21.8 Å². The average molecular weight is 680 g/mol. The number of pyridine rings is 2. The molecule has 47 heavy (non-hydrogen) atoms. The SMILES string of the molecule is Cc1ncc(CO)c(C=NCCc2c[nH]c3ccccc23)c1[O-].Cc1ncc(CO)c(C=NCCc2c[nH]c3ccccc23)c1[O-].[Cu+2]. The monoisotopic (exact) mass is 679 g/mol. The van der Waals surface area contributed by atoms with E-state index in [4.69, 9.17) is 0 Å². The molecule has 4 aromatic heterocycles. The summed E-state index contributed by atoms with van der Waals surface area (Å²) in [5.74, 6) is -0.347. The Balaban J connectivity index is 0.000000208. The molecule has 10 nitrogen and oxygen atoms in total. The summed E-state index contributed by atoms with van der Waals surface area (Å²) < 4.78 is 0. The molecule has 0 spiro atoms. The first kappa shape index (κ1) is 35.1. The Bertz CT molecular complexity index is 1860. The Morgan fingerprint density at radius 2 is 1.06 bits per heavy atom. The minimum Gasteiger partial charge on any atom is -0.871 e. The summed E-state index contributed by atoms with van der Waals surface area (Å²) in [4.78, 5) is 23.1. The first-order chi connectivity index (χ1) is 22.4. The van der Waals surface area contributed by atoms with E-state index in [9.17, 15) is 20.4 Å². The van der Waals surface area contributed by atoms with E-state index in [2.05, 4.69) is 42.1 Å². The molecule has 11 heteroatoms. The van der Waals surface area contributed by atoms with Gasteiger partial charge in [-0.05, 0) is 61.1 Å². The van der Waals surface area contributed by atoms with Crippen molar-refractivity contribution in [3.05, 3.63) is 118 Å². The molecule has 0 fully saturated rings. The molecule has 4 heterocycles. The van der Waals surface area contributed by atoms with Crippen LogP contribution in [-0.2, 0) is 43.1 Å². The maximum Gasteiger partial charge on any atom is 2.00 e. The molecule has 0 atom stereocenters. The fourth-order valence-electron chi connectivity index (χ4n) is 5.18. The number of hydrogen-bond donors (Lipinski definition) is 4. The summed E-state index contributed by atoms with van der Waals surface area (Å²) in [6, 6.07) is 16.3. The fraction of sp³-hybridized carbons (Fsp3) is 0.222. The summed E-state index contributed by atoms with van der Waals surface area (Å²) in [6.45, 7) is 4.04. The molecule has 0 aliphatic carbocycles. The van der Waals surface area contributed by atoms with Crippen LogP contribution in [0.15, 0.2) is 83.3 Å². The maximum atomic E-state index is 12.1. The predicted octanol–water partition coefficient (Wildman–Crippen LogP) is 4.20. The number of aromatic amines is 2. The van der Waals surface area contributed by atoms with Crippen molar-refractivity contribution in [1.29, 1.82) is 0 Å². The zero-order valence-corrected chi connectivity index (χ0v) is 27.1. The number of fused-ring (bicyclic) bond motifs is 2. The summed E-state index contributed by atoms with van der Waals surface area (Å²) in [6.07, 6.45) is 11.7. The molecule has 0 aliphatic heterocycles. The molecular formula is C36H36CuN6O4. The standard InChI is InChI=1S/2C18H19N3O2.Cu/c2*1-12-18(23)16(14(11-22)9-20-12)10-19-7-6-13-8-21-17-5-3-2-4-15(13)17;/h2*2-5,8-10,21-23H,6-7,11H2,1H3;/q;;+2/p-2. The van der Waals surface area contributed by atoms with Gasteiger partial charge >= 0.3 is 17.1 Å². The number of nitrogens with zero attached hydrogens (tertiary/aromatic N) is 4. The Kier molecular flexibility index (Phi) is 12.4. The molecule has 0 unspecified atom stereocenters. The van der Waals surface area contributed by atoms with Crippen LogP contribution in [0.3, 0.4) is 0 Å². The first-order valence-corrected chi connectivity index (χ1v) is 15.0. The topological polar surface area (TPSA) is 169 Å². The van der Waals surface area contributed by atoms with E-state index in [1.165, 1.54) is 34.3 Å². The van der Waals surface area contributed by atoms with Crippen LogP contribution in [0.5, 0.6) is 11.5 Å². The number of aliphatic imine (C=N–C) groups is 2. The molecular weight excluding hydrogens is 644 g/mol. The van der Waals surface area contributed by atoms with Crippen molar-refractivity contribution < 1.29 is 37.5 Å². The Morgan fingerprint density at radius 3 is 1.47 bits per heavy atom. The van der Waals surface area contributed by atoms with Crippen molar-refractivity contribution in [2.24, 2.45) is 9.98 Å². The van der Waals surface area contributed by atoms with Gasteiger partial charge in [0.25, 0.3) is 0 Å². The van der Waals surface area contributed by atoms with Crippen molar-refractivity contribution in [3.63, 3.8) is 0 Å². The van der Waals surface area contributed by atoms with Gasteiger partial charge in [-0.1, -0.05) is 47.9 Å². The van der Waals surface area contributed by atoms with Crippen molar-refractivity contribution in [2.45, 2.75) is 39.9 Å². The Morgan fingerprint density at radius 1 is 0.660 bits per heavy atom. The van der Waals surface area contributed by atoms with E-state index < -0.39 is 0 Å². The average Bonchev–Trinajstić information content (AvgIpc) is 3.69. The number of aliphatic hydroxyl groups is 2. The third-order valence-corrected chi connectivity index (χ3v) is 7.82. The predicted molar refractivity (Wildman–Crippen MR) is 178 cm³/mol. The molecule has 0 saturated heterocycles. The number of rotatable bonds is 10. The van der Waals surface area contributed by atoms with Crippen LogP contribution in [-0.4, -0.2) is 55.7 Å². The molecule has 2 aromatic carbocycles. The number of para-hydroxylation sites is 2. The Labute approximate surface area is 283 Å². The van der Waals surface area contributed by atoms with Gasteiger partial charge in [-0.25, -0.2) is 0 Å². The van der Waals surface area contributed by atoms with Crippen LogP contribution >= 0.6 is 0 Å². The number of hydrogen-bond acceptors (Lipinski definition) is 8. The molecule has 0 aliphatic rings. The minimum absolute atomic E-state index is 0. The van der Waals surface area contributed by atoms with Crippen LogP contribution in [0.2, 0.25) is 0 Å². The minimum atomic E-state index is -0.216. The smallest absolute Gasteiger partial charge is 0.871 e.